The maximum Gasteiger partial charge on any atom is 0.306 e. The van der Waals surface area contributed by atoms with Gasteiger partial charge in [-0.05, 0) is 49.3 Å². The van der Waals surface area contributed by atoms with Gasteiger partial charge in [0.15, 0.2) is 0 Å². The summed E-state index contributed by atoms with van der Waals surface area (Å²) in [4.78, 5) is 11.4. The quantitative estimate of drug-likeness (QED) is 0.829. The summed E-state index contributed by atoms with van der Waals surface area (Å²) >= 11 is 0. The number of carbonyl (C=O) groups is 1. The predicted molar refractivity (Wildman–Crippen MR) is 79.0 cm³/mol. The van der Waals surface area contributed by atoms with Crippen LogP contribution in [0.25, 0.3) is 0 Å². The number of ether oxygens (including phenoxy) is 1. The SMILES string of the molecule is COc1ccc(CCC2CCCCCC2C(=O)O)cc1. The van der Waals surface area contributed by atoms with Crippen LogP contribution in [0.15, 0.2) is 24.3 Å². The summed E-state index contributed by atoms with van der Waals surface area (Å²) in [7, 11) is 1.66. The van der Waals surface area contributed by atoms with Crippen molar-refractivity contribution in [3.8, 4) is 5.75 Å². The Morgan fingerprint density at radius 2 is 1.90 bits per heavy atom. The maximum absolute atomic E-state index is 11.4. The molecule has 1 aliphatic rings. The van der Waals surface area contributed by atoms with Gasteiger partial charge in [0.2, 0.25) is 0 Å². The fourth-order valence-corrected chi connectivity index (χ4v) is 3.20. The standard InChI is InChI=1S/C17H24O3/c1-20-15-11-8-13(9-12-15)7-10-14-5-3-2-4-6-16(14)17(18)19/h8-9,11-12,14,16H,2-7,10H2,1H3,(H,18,19). The minimum Gasteiger partial charge on any atom is -0.497 e. The monoisotopic (exact) mass is 276 g/mol. The zero-order valence-corrected chi connectivity index (χ0v) is 12.2. The zero-order chi connectivity index (χ0) is 14.4. The molecular formula is C17H24O3. The van der Waals surface area contributed by atoms with Gasteiger partial charge in [-0.15, -0.1) is 0 Å². The second-order valence-corrected chi connectivity index (χ2v) is 5.73. The van der Waals surface area contributed by atoms with E-state index >= 15 is 0 Å². The van der Waals surface area contributed by atoms with Crippen molar-refractivity contribution in [3.63, 3.8) is 0 Å². The highest BCUT2D eigenvalue weighted by atomic mass is 16.5. The number of aryl methyl sites for hydroxylation is 1. The number of benzene rings is 1. The Balaban J connectivity index is 1.94. The normalized spacial score (nSPS) is 23.1. The van der Waals surface area contributed by atoms with Crippen LogP contribution in [-0.2, 0) is 11.2 Å². The third-order valence-electron chi connectivity index (χ3n) is 4.44. The van der Waals surface area contributed by atoms with Crippen LogP contribution in [0.3, 0.4) is 0 Å². The summed E-state index contributed by atoms with van der Waals surface area (Å²) < 4.78 is 5.15. The first kappa shape index (κ1) is 14.9. The Morgan fingerprint density at radius 3 is 2.55 bits per heavy atom. The average molecular weight is 276 g/mol. The molecule has 1 fully saturated rings. The van der Waals surface area contributed by atoms with Crippen molar-refractivity contribution >= 4 is 5.97 Å². The van der Waals surface area contributed by atoms with Crippen LogP contribution in [0.4, 0.5) is 0 Å². The molecule has 1 N–H and O–H groups in total. The maximum atomic E-state index is 11.4. The van der Waals surface area contributed by atoms with Crippen molar-refractivity contribution < 1.29 is 14.6 Å². The van der Waals surface area contributed by atoms with Gasteiger partial charge >= 0.3 is 5.97 Å². The predicted octanol–water partition coefficient (Wildman–Crippen LogP) is 3.91. The van der Waals surface area contributed by atoms with Crippen molar-refractivity contribution in [3.05, 3.63) is 29.8 Å². The van der Waals surface area contributed by atoms with E-state index in [2.05, 4.69) is 12.1 Å². The first-order valence-electron chi connectivity index (χ1n) is 7.56. The molecule has 3 nitrogen and oxygen atoms in total. The third kappa shape index (κ3) is 3.99. The Labute approximate surface area is 121 Å². The summed E-state index contributed by atoms with van der Waals surface area (Å²) in [6.45, 7) is 0. The first-order chi connectivity index (χ1) is 9.70. The van der Waals surface area contributed by atoms with Crippen molar-refractivity contribution in [1.29, 1.82) is 0 Å². The van der Waals surface area contributed by atoms with Crippen LogP contribution in [0.1, 0.15) is 44.1 Å². The van der Waals surface area contributed by atoms with Crippen LogP contribution in [0.2, 0.25) is 0 Å². The largest absolute Gasteiger partial charge is 0.497 e. The molecule has 2 rings (SSSR count). The van der Waals surface area contributed by atoms with Gasteiger partial charge in [-0.1, -0.05) is 31.4 Å². The number of aliphatic carboxylic acids is 1. The number of hydrogen-bond donors (Lipinski definition) is 1. The average Bonchev–Trinajstić information content (AvgIpc) is 2.71. The molecule has 0 saturated heterocycles. The molecule has 0 spiro atoms. The van der Waals surface area contributed by atoms with Gasteiger partial charge in [0.1, 0.15) is 5.75 Å². The fraction of sp³-hybridized carbons (Fsp3) is 0.588. The molecule has 2 atom stereocenters. The molecule has 3 heteroatoms. The molecule has 0 aliphatic heterocycles. The van der Waals surface area contributed by atoms with Crippen LogP contribution in [0.5, 0.6) is 5.75 Å². The van der Waals surface area contributed by atoms with Crippen LogP contribution in [-0.4, -0.2) is 18.2 Å². The van der Waals surface area contributed by atoms with Crippen molar-refractivity contribution in [2.75, 3.05) is 7.11 Å². The number of carboxylic acid groups (broad SMARTS) is 1. The Morgan fingerprint density at radius 1 is 1.20 bits per heavy atom. The van der Waals surface area contributed by atoms with E-state index in [0.29, 0.717) is 5.92 Å². The van der Waals surface area contributed by atoms with Gasteiger partial charge in [0.25, 0.3) is 0 Å². The summed E-state index contributed by atoms with van der Waals surface area (Å²) in [6.07, 6.45) is 7.27. The summed E-state index contributed by atoms with van der Waals surface area (Å²) in [5.74, 6) is 0.450. The molecule has 0 bridgehead atoms. The highest BCUT2D eigenvalue weighted by Gasteiger charge is 2.28. The highest BCUT2D eigenvalue weighted by Crippen LogP contribution is 2.32. The second kappa shape index (κ2) is 7.32. The Kier molecular flexibility index (Phi) is 5.45. The molecular weight excluding hydrogens is 252 g/mol. The lowest BCUT2D eigenvalue weighted by Gasteiger charge is -2.21. The van der Waals surface area contributed by atoms with E-state index < -0.39 is 5.97 Å². The lowest BCUT2D eigenvalue weighted by Crippen LogP contribution is -2.23. The summed E-state index contributed by atoms with van der Waals surface area (Å²) in [5.41, 5.74) is 1.26. The molecule has 1 aliphatic carbocycles. The highest BCUT2D eigenvalue weighted by molar-refractivity contribution is 5.70. The van der Waals surface area contributed by atoms with E-state index in [0.717, 1.165) is 37.9 Å². The molecule has 2 unspecified atom stereocenters. The minimum atomic E-state index is -0.605. The van der Waals surface area contributed by atoms with Gasteiger partial charge in [-0.25, -0.2) is 0 Å². The topological polar surface area (TPSA) is 46.5 Å². The number of hydrogen-bond acceptors (Lipinski definition) is 2. The van der Waals surface area contributed by atoms with Crippen LogP contribution < -0.4 is 4.74 Å². The van der Waals surface area contributed by atoms with E-state index in [1.165, 1.54) is 18.4 Å². The molecule has 110 valence electrons. The van der Waals surface area contributed by atoms with Gasteiger partial charge < -0.3 is 9.84 Å². The molecule has 1 saturated carbocycles. The molecule has 0 heterocycles. The zero-order valence-electron chi connectivity index (χ0n) is 12.2. The molecule has 0 aromatic heterocycles. The smallest absolute Gasteiger partial charge is 0.306 e. The lowest BCUT2D eigenvalue weighted by molar-refractivity contribution is -0.144. The summed E-state index contributed by atoms with van der Waals surface area (Å²) in [5, 5.41) is 9.38. The van der Waals surface area contributed by atoms with Crippen molar-refractivity contribution in [2.45, 2.75) is 44.9 Å². The third-order valence-corrected chi connectivity index (χ3v) is 4.44. The van der Waals surface area contributed by atoms with Gasteiger partial charge in [0.05, 0.1) is 13.0 Å². The van der Waals surface area contributed by atoms with Gasteiger partial charge in [-0.2, -0.15) is 0 Å². The Bertz CT molecular complexity index is 424. The molecule has 0 amide bonds. The van der Waals surface area contributed by atoms with Crippen molar-refractivity contribution in [2.24, 2.45) is 11.8 Å². The van der Waals surface area contributed by atoms with Crippen LogP contribution >= 0.6 is 0 Å². The molecule has 0 radical (unpaired) electrons. The fourth-order valence-electron chi connectivity index (χ4n) is 3.20. The number of rotatable bonds is 5. The lowest BCUT2D eigenvalue weighted by atomic mass is 9.83. The first-order valence-corrected chi connectivity index (χ1v) is 7.56. The number of methoxy groups -OCH3 is 1. The summed E-state index contributed by atoms with van der Waals surface area (Å²) in [6, 6.07) is 8.09. The molecule has 1 aromatic rings. The minimum absolute atomic E-state index is 0.143. The van der Waals surface area contributed by atoms with E-state index in [1.807, 2.05) is 12.1 Å². The van der Waals surface area contributed by atoms with Crippen LogP contribution in [0, 0.1) is 11.8 Å². The van der Waals surface area contributed by atoms with Gasteiger partial charge in [-0.3, -0.25) is 4.79 Å². The van der Waals surface area contributed by atoms with E-state index in [9.17, 15) is 9.90 Å². The van der Waals surface area contributed by atoms with E-state index in [-0.39, 0.29) is 5.92 Å². The Hall–Kier alpha value is -1.51. The van der Waals surface area contributed by atoms with Crippen molar-refractivity contribution in [1.82, 2.24) is 0 Å². The number of carboxylic acids is 1. The molecule has 1 aromatic carbocycles. The van der Waals surface area contributed by atoms with Gasteiger partial charge in [0, 0.05) is 0 Å². The van der Waals surface area contributed by atoms with E-state index in [4.69, 9.17) is 4.74 Å². The second-order valence-electron chi connectivity index (χ2n) is 5.73. The van der Waals surface area contributed by atoms with E-state index in [1.54, 1.807) is 7.11 Å². The molecule has 20 heavy (non-hydrogen) atoms.